The van der Waals surface area contributed by atoms with Crippen molar-refractivity contribution in [2.24, 2.45) is 5.73 Å². The van der Waals surface area contributed by atoms with E-state index in [1.807, 2.05) is 6.92 Å². The molecular weight excluding hydrogens is 180 g/mol. The number of furan rings is 1. The first-order valence-corrected chi connectivity index (χ1v) is 4.43. The summed E-state index contributed by atoms with van der Waals surface area (Å²) in [6.45, 7) is 2.30. The first kappa shape index (κ1) is 10.5. The zero-order chi connectivity index (χ0) is 10.4. The van der Waals surface area contributed by atoms with Crippen LogP contribution < -0.4 is 11.1 Å². The van der Waals surface area contributed by atoms with Crippen LogP contribution in [0.5, 0.6) is 0 Å². The summed E-state index contributed by atoms with van der Waals surface area (Å²) in [5.74, 6) is 0.486. The van der Waals surface area contributed by atoms with Crippen molar-refractivity contribution in [1.82, 2.24) is 5.32 Å². The van der Waals surface area contributed by atoms with Gasteiger partial charge >= 0.3 is 0 Å². The third-order valence-corrected chi connectivity index (χ3v) is 1.54. The smallest absolute Gasteiger partial charge is 0.244 e. The van der Waals surface area contributed by atoms with Crippen molar-refractivity contribution in [2.45, 2.75) is 13.0 Å². The Hall–Kier alpha value is -1.55. The molecule has 1 unspecified atom stereocenters. The molecule has 3 N–H and O–H groups in total. The van der Waals surface area contributed by atoms with Crippen LogP contribution in [0.25, 0.3) is 6.08 Å². The summed E-state index contributed by atoms with van der Waals surface area (Å²) in [7, 11) is 0. The molecule has 14 heavy (non-hydrogen) atoms. The van der Waals surface area contributed by atoms with Gasteiger partial charge in [-0.2, -0.15) is 0 Å². The summed E-state index contributed by atoms with van der Waals surface area (Å²) >= 11 is 0. The molecule has 0 aliphatic carbocycles. The Balaban J connectivity index is 2.34. The number of rotatable bonds is 4. The van der Waals surface area contributed by atoms with Crippen LogP contribution in [0.15, 0.2) is 28.9 Å². The van der Waals surface area contributed by atoms with Crippen molar-refractivity contribution < 1.29 is 9.21 Å². The van der Waals surface area contributed by atoms with E-state index in [1.54, 1.807) is 24.5 Å². The van der Waals surface area contributed by atoms with Gasteiger partial charge in [-0.05, 0) is 25.1 Å². The van der Waals surface area contributed by atoms with E-state index in [-0.39, 0.29) is 11.9 Å². The van der Waals surface area contributed by atoms with Crippen molar-refractivity contribution in [2.75, 3.05) is 6.54 Å². The second kappa shape index (κ2) is 5.24. The van der Waals surface area contributed by atoms with E-state index in [2.05, 4.69) is 5.32 Å². The van der Waals surface area contributed by atoms with E-state index < -0.39 is 0 Å². The number of hydrogen-bond donors (Lipinski definition) is 2. The molecule has 0 spiro atoms. The summed E-state index contributed by atoms with van der Waals surface area (Å²) in [5.41, 5.74) is 5.47. The Morgan fingerprint density at radius 2 is 2.57 bits per heavy atom. The fourth-order valence-corrected chi connectivity index (χ4v) is 0.864. The molecule has 1 aromatic rings. The van der Waals surface area contributed by atoms with Crippen LogP contribution in [0.2, 0.25) is 0 Å². The number of nitrogens with two attached hydrogens (primary N) is 1. The van der Waals surface area contributed by atoms with E-state index in [0.29, 0.717) is 12.3 Å². The molecule has 0 aromatic carbocycles. The molecular formula is C10H14N2O2. The summed E-state index contributed by atoms with van der Waals surface area (Å²) < 4.78 is 5.02. The highest BCUT2D eigenvalue weighted by atomic mass is 16.3. The van der Waals surface area contributed by atoms with Gasteiger partial charge in [-0.25, -0.2) is 0 Å². The maximum absolute atomic E-state index is 11.1. The van der Waals surface area contributed by atoms with Crippen molar-refractivity contribution in [1.29, 1.82) is 0 Å². The lowest BCUT2D eigenvalue weighted by Gasteiger charge is -2.04. The van der Waals surface area contributed by atoms with Gasteiger partial charge in [0, 0.05) is 18.7 Å². The van der Waals surface area contributed by atoms with E-state index in [4.69, 9.17) is 10.2 Å². The normalized spacial score (nSPS) is 13.0. The first-order valence-electron chi connectivity index (χ1n) is 4.43. The average Bonchev–Trinajstić information content (AvgIpc) is 2.63. The molecule has 0 bridgehead atoms. The van der Waals surface area contributed by atoms with Crippen LogP contribution in [-0.4, -0.2) is 18.5 Å². The maximum Gasteiger partial charge on any atom is 0.244 e. The predicted molar refractivity (Wildman–Crippen MR) is 54.4 cm³/mol. The molecule has 1 amide bonds. The third kappa shape index (κ3) is 3.91. The molecule has 76 valence electrons. The van der Waals surface area contributed by atoms with Crippen molar-refractivity contribution in [3.8, 4) is 0 Å². The van der Waals surface area contributed by atoms with Gasteiger partial charge in [-0.15, -0.1) is 0 Å². The van der Waals surface area contributed by atoms with E-state index in [9.17, 15) is 4.79 Å². The fourth-order valence-electron chi connectivity index (χ4n) is 0.864. The van der Waals surface area contributed by atoms with E-state index >= 15 is 0 Å². The quantitative estimate of drug-likeness (QED) is 0.695. The van der Waals surface area contributed by atoms with Gasteiger partial charge in [0.1, 0.15) is 5.76 Å². The molecule has 4 heteroatoms. The monoisotopic (exact) mass is 194 g/mol. The highest BCUT2D eigenvalue weighted by Gasteiger charge is 1.97. The van der Waals surface area contributed by atoms with Gasteiger partial charge in [0.2, 0.25) is 5.91 Å². The molecule has 0 saturated heterocycles. The SMILES string of the molecule is CC(N)CNC(=O)/C=C/c1ccco1. The van der Waals surface area contributed by atoms with Crippen molar-refractivity contribution in [3.63, 3.8) is 0 Å². The van der Waals surface area contributed by atoms with E-state index in [1.165, 1.54) is 6.08 Å². The predicted octanol–water partition coefficient (Wildman–Crippen LogP) is 0.756. The minimum Gasteiger partial charge on any atom is -0.465 e. The highest BCUT2D eigenvalue weighted by Crippen LogP contribution is 2.01. The molecule has 1 aromatic heterocycles. The van der Waals surface area contributed by atoms with Crippen LogP contribution in [0.1, 0.15) is 12.7 Å². The maximum atomic E-state index is 11.1. The Kier molecular flexibility index (Phi) is 3.94. The zero-order valence-corrected chi connectivity index (χ0v) is 8.07. The minimum absolute atomic E-state index is 0.0315. The van der Waals surface area contributed by atoms with Gasteiger partial charge < -0.3 is 15.5 Å². The van der Waals surface area contributed by atoms with Gasteiger partial charge in [0.25, 0.3) is 0 Å². The number of amides is 1. The van der Waals surface area contributed by atoms with Gasteiger partial charge in [0.15, 0.2) is 0 Å². The second-order valence-corrected chi connectivity index (χ2v) is 3.07. The lowest BCUT2D eigenvalue weighted by molar-refractivity contribution is -0.116. The van der Waals surface area contributed by atoms with E-state index in [0.717, 1.165) is 0 Å². The summed E-state index contributed by atoms with van der Waals surface area (Å²) in [5, 5.41) is 2.65. The van der Waals surface area contributed by atoms with Gasteiger partial charge in [0.05, 0.1) is 6.26 Å². The lowest BCUT2D eigenvalue weighted by atomic mass is 10.3. The number of hydrogen-bond acceptors (Lipinski definition) is 3. The van der Waals surface area contributed by atoms with Crippen LogP contribution in [0.3, 0.4) is 0 Å². The third-order valence-electron chi connectivity index (χ3n) is 1.54. The van der Waals surface area contributed by atoms with Crippen molar-refractivity contribution >= 4 is 12.0 Å². The largest absolute Gasteiger partial charge is 0.465 e. The number of carbonyl (C=O) groups excluding carboxylic acids is 1. The van der Waals surface area contributed by atoms with Gasteiger partial charge in [-0.1, -0.05) is 0 Å². The standard InChI is InChI=1S/C10H14N2O2/c1-8(11)7-12-10(13)5-4-9-3-2-6-14-9/h2-6,8H,7,11H2,1H3,(H,12,13)/b5-4+. The number of carbonyl (C=O) groups is 1. The molecule has 1 heterocycles. The first-order chi connectivity index (χ1) is 6.68. The number of nitrogens with one attached hydrogen (secondary N) is 1. The van der Waals surface area contributed by atoms with Gasteiger partial charge in [-0.3, -0.25) is 4.79 Å². The van der Waals surface area contributed by atoms with Crippen LogP contribution in [-0.2, 0) is 4.79 Å². The Morgan fingerprint density at radius 3 is 3.14 bits per heavy atom. The Morgan fingerprint density at radius 1 is 1.79 bits per heavy atom. The Bertz CT molecular complexity index is 302. The topological polar surface area (TPSA) is 68.3 Å². The van der Waals surface area contributed by atoms with Crippen LogP contribution in [0.4, 0.5) is 0 Å². The molecule has 4 nitrogen and oxygen atoms in total. The molecule has 0 aliphatic rings. The lowest BCUT2D eigenvalue weighted by Crippen LogP contribution is -2.34. The average molecular weight is 194 g/mol. The molecule has 1 rings (SSSR count). The second-order valence-electron chi connectivity index (χ2n) is 3.07. The van der Waals surface area contributed by atoms with Crippen molar-refractivity contribution in [3.05, 3.63) is 30.2 Å². The summed E-state index contributed by atoms with van der Waals surface area (Å²) in [6.07, 6.45) is 4.58. The molecule has 0 fully saturated rings. The fraction of sp³-hybridized carbons (Fsp3) is 0.300. The van der Waals surface area contributed by atoms with Crippen LogP contribution in [0, 0.1) is 0 Å². The molecule has 0 radical (unpaired) electrons. The molecule has 0 aliphatic heterocycles. The molecule has 0 saturated carbocycles. The molecule has 1 atom stereocenters. The van der Waals surface area contributed by atoms with Crippen LogP contribution >= 0.6 is 0 Å². The minimum atomic E-state index is -0.168. The highest BCUT2D eigenvalue weighted by molar-refractivity contribution is 5.91. The summed E-state index contributed by atoms with van der Waals surface area (Å²) in [4.78, 5) is 11.1. The zero-order valence-electron chi connectivity index (χ0n) is 8.07. The summed E-state index contributed by atoms with van der Waals surface area (Å²) in [6, 6.07) is 3.51. The Labute approximate surface area is 82.8 Å².